The molecule has 0 aliphatic carbocycles. The Bertz CT molecular complexity index is 311. The van der Waals surface area contributed by atoms with E-state index in [1.807, 2.05) is 0 Å². The lowest BCUT2D eigenvalue weighted by atomic mass is 9.91. The number of nitrogens with one attached hydrogen (secondary N) is 1. The third-order valence-corrected chi connectivity index (χ3v) is 3.13. The zero-order chi connectivity index (χ0) is 10.0. The lowest BCUT2D eigenvalue weighted by Crippen LogP contribution is -2.38. The van der Waals surface area contributed by atoms with E-state index >= 15 is 0 Å². The van der Waals surface area contributed by atoms with Gasteiger partial charge in [0.15, 0.2) is 0 Å². The van der Waals surface area contributed by atoms with Crippen LogP contribution in [0.15, 0.2) is 24.3 Å². The van der Waals surface area contributed by atoms with E-state index in [9.17, 15) is 0 Å². The van der Waals surface area contributed by atoms with Gasteiger partial charge in [-0.15, -0.1) is 0 Å². The van der Waals surface area contributed by atoms with Crippen molar-refractivity contribution < 1.29 is 0 Å². The van der Waals surface area contributed by atoms with Crippen molar-refractivity contribution >= 4 is 0 Å². The van der Waals surface area contributed by atoms with Gasteiger partial charge in [0.2, 0.25) is 0 Å². The molecule has 1 aliphatic rings. The van der Waals surface area contributed by atoms with Crippen molar-refractivity contribution in [1.29, 1.82) is 0 Å². The van der Waals surface area contributed by atoms with Crippen LogP contribution in [0, 0.1) is 6.92 Å². The second-order valence-corrected chi connectivity index (χ2v) is 4.76. The minimum atomic E-state index is 0.341. The minimum Gasteiger partial charge on any atom is -0.311 e. The molecule has 0 aromatic heterocycles. The first kappa shape index (κ1) is 9.72. The van der Waals surface area contributed by atoms with Gasteiger partial charge in [-0.3, -0.25) is 0 Å². The highest BCUT2D eigenvalue weighted by molar-refractivity contribution is 5.24. The molecular formula is C13H19N. The molecule has 1 N–H and O–H groups in total. The van der Waals surface area contributed by atoms with E-state index < -0.39 is 0 Å². The first-order valence-electron chi connectivity index (χ1n) is 5.49. The van der Waals surface area contributed by atoms with Crippen molar-refractivity contribution in [3.63, 3.8) is 0 Å². The van der Waals surface area contributed by atoms with Crippen molar-refractivity contribution in [2.24, 2.45) is 0 Å². The van der Waals surface area contributed by atoms with Crippen LogP contribution < -0.4 is 5.32 Å². The Kier molecular flexibility index (Phi) is 2.60. The van der Waals surface area contributed by atoms with Crippen molar-refractivity contribution in [3.05, 3.63) is 35.4 Å². The van der Waals surface area contributed by atoms with E-state index in [1.165, 1.54) is 30.5 Å². The summed E-state index contributed by atoms with van der Waals surface area (Å²) in [5, 5.41) is 3.60. The summed E-state index contributed by atoms with van der Waals surface area (Å²) in [5.41, 5.74) is 3.17. The van der Waals surface area contributed by atoms with Crippen LogP contribution in [0.2, 0.25) is 0 Å². The molecule has 1 aromatic carbocycles. The average Bonchev–Trinajstić information content (AvgIpc) is 2.51. The fraction of sp³-hybridized carbons (Fsp3) is 0.538. The standard InChI is InChI=1S/C13H19N/c1-11-5-3-6-12(9-11)10-13(2)7-4-8-14-13/h3,5-6,9,14H,4,7-8,10H2,1-2H3/t13-/m0/s1. The SMILES string of the molecule is Cc1cccc(C[C@]2(C)CCCN2)c1. The maximum atomic E-state index is 3.60. The van der Waals surface area contributed by atoms with Crippen molar-refractivity contribution in [1.82, 2.24) is 5.32 Å². The van der Waals surface area contributed by atoms with Gasteiger partial charge in [0.1, 0.15) is 0 Å². The molecule has 0 radical (unpaired) electrons. The summed E-state index contributed by atoms with van der Waals surface area (Å²) in [6, 6.07) is 8.85. The lowest BCUT2D eigenvalue weighted by Gasteiger charge is -2.24. The van der Waals surface area contributed by atoms with Gasteiger partial charge in [0.25, 0.3) is 0 Å². The fourth-order valence-corrected chi connectivity index (χ4v) is 2.38. The summed E-state index contributed by atoms with van der Waals surface area (Å²) in [7, 11) is 0. The maximum absolute atomic E-state index is 3.60. The highest BCUT2D eigenvalue weighted by Crippen LogP contribution is 2.23. The monoisotopic (exact) mass is 189 g/mol. The van der Waals surface area contributed by atoms with E-state index in [1.54, 1.807) is 0 Å². The molecule has 0 amide bonds. The van der Waals surface area contributed by atoms with E-state index in [2.05, 4.69) is 43.4 Å². The van der Waals surface area contributed by atoms with E-state index in [4.69, 9.17) is 0 Å². The quantitative estimate of drug-likeness (QED) is 0.754. The van der Waals surface area contributed by atoms with E-state index in [-0.39, 0.29) is 0 Å². The van der Waals surface area contributed by atoms with E-state index in [0.29, 0.717) is 5.54 Å². The molecule has 1 aromatic rings. The molecule has 0 unspecified atom stereocenters. The topological polar surface area (TPSA) is 12.0 Å². The molecule has 1 aliphatic heterocycles. The van der Waals surface area contributed by atoms with Crippen molar-refractivity contribution in [2.75, 3.05) is 6.54 Å². The van der Waals surface area contributed by atoms with E-state index in [0.717, 1.165) is 6.42 Å². The van der Waals surface area contributed by atoms with Crippen LogP contribution in [0.1, 0.15) is 30.9 Å². The Morgan fingerprint density at radius 2 is 2.29 bits per heavy atom. The Morgan fingerprint density at radius 3 is 2.93 bits per heavy atom. The summed E-state index contributed by atoms with van der Waals surface area (Å²) in [6.07, 6.45) is 3.79. The molecule has 1 heteroatoms. The molecule has 0 spiro atoms. The van der Waals surface area contributed by atoms with Crippen LogP contribution in [0.3, 0.4) is 0 Å². The van der Waals surface area contributed by atoms with Crippen LogP contribution in [-0.2, 0) is 6.42 Å². The van der Waals surface area contributed by atoms with Gasteiger partial charge >= 0.3 is 0 Å². The second kappa shape index (κ2) is 3.74. The predicted octanol–water partition coefficient (Wildman–Crippen LogP) is 2.68. The highest BCUT2D eigenvalue weighted by atomic mass is 15.0. The number of hydrogen-bond donors (Lipinski definition) is 1. The third kappa shape index (κ3) is 2.16. The molecule has 1 fully saturated rings. The normalized spacial score (nSPS) is 26.7. The summed E-state index contributed by atoms with van der Waals surface area (Å²) in [4.78, 5) is 0. The van der Waals surface area contributed by atoms with Gasteiger partial charge < -0.3 is 5.32 Å². The Labute approximate surface area is 86.5 Å². The summed E-state index contributed by atoms with van der Waals surface area (Å²) in [5.74, 6) is 0. The second-order valence-electron chi connectivity index (χ2n) is 4.76. The van der Waals surface area contributed by atoms with Crippen LogP contribution in [-0.4, -0.2) is 12.1 Å². The van der Waals surface area contributed by atoms with Gasteiger partial charge in [0.05, 0.1) is 0 Å². The molecule has 1 heterocycles. The average molecular weight is 189 g/mol. The maximum Gasteiger partial charge on any atom is 0.0194 e. The molecule has 14 heavy (non-hydrogen) atoms. The van der Waals surface area contributed by atoms with Crippen LogP contribution in [0.4, 0.5) is 0 Å². The Hall–Kier alpha value is -0.820. The Balaban J connectivity index is 2.10. The smallest absolute Gasteiger partial charge is 0.0194 e. The zero-order valence-corrected chi connectivity index (χ0v) is 9.14. The fourth-order valence-electron chi connectivity index (χ4n) is 2.38. The first-order chi connectivity index (χ1) is 6.68. The number of benzene rings is 1. The van der Waals surface area contributed by atoms with Gasteiger partial charge in [-0.05, 0) is 45.2 Å². The number of aryl methyl sites for hydroxylation is 1. The predicted molar refractivity (Wildman–Crippen MR) is 60.5 cm³/mol. The Morgan fingerprint density at radius 1 is 1.43 bits per heavy atom. The van der Waals surface area contributed by atoms with Crippen molar-refractivity contribution in [3.8, 4) is 0 Å². The molecule has 1 nitrogen and oxygen atoms in total. The lowest BCUT2D eigenvalue weighted by molar-refractivity contribution is 0.412. The molecule has 1 saturated heterocycles. The van der Waals surface area contributed by atoms with Gasteiger partial charge in [-0.2, -0.15) is 0 Å². The number of hydrogen-bond acceptors (Lipinski definition) is 1. The largest absolute Gasteiger partial charge is 0.311 e. The van der Waals surface area contributed by atoms with Gasteiger partial charge in [-0.25, -0.2) is 0 Å². The third-order valence-electron chi connectivity index (χ3n) is 3.13. The summed E-state index contributed by atoms with van der Waals surface area (Å²) >= 11 is 0. The minimum absolute atomic E-state index is 0.341. The summed E-state index contributed by atoms with van der Waals surface area (Å²) in [6.45, 7) is 5.68. The zero-order valence-electron chi connectivity index (χ0n) is 9.14. The molecule has 0 saturated carbocycles. The first-order valence-corrected chi connectivity index (χ1v) is 5.49. The van der Waals surface area contributed by atoms with Crippen LogP contribution in [0.5, 0.6) is 0 Å². The molecule has 76 valence electrons. The molecule has 2 rings (SSSR count). The molecule has 1 atom stereocenters. The van der Waals surface area contributed by atoms with Gasteiger partial charge in [0, 0.05) is 5.54 Å². The van der Waals surface area contributed by atoms with Crippen LogP contribution >= 0.6 is 0 Å². The summed E-state index contributed by atoms with van der Waals surface area (Å²) < 4.78 is 0. The van der Waals surface area contributed by atoms with Gasteiger partial charge in [-0.1, -0.05) is 29.8 Å². The van der Waals surface area contributed by atoms with Crippen molar-refractivity contribution in [2.45, 2.75) is 38.6 Å². The molecule has 0 bridgehead atoms. The molecular weight excluding hydrogens is 170 g/mol. The van der Waals surface area contributed by atoms with Crippen LogP contribution in [0.25, 0.3) is 0 Å². The highest BCUT2D eigenvalue weighted by Gasteiger charge is 2.27. The number of rotatable bonds is 2.